The van der Waals surface area contributed by atoms with E-state index in [0.29, 0.717) is 22.7 Å². The number of nitrogens with zero attached hydrogens (tertiary/aromatic N) is 1. The van der Waals surface area contributed by atoms with E-state index in [-0.39, 0.29) is 33.5 Å². The Hall–Kier alpha value is -4.21. The predicted octanol–water partition coefficient (Wildman–Crippen LogP) is 6.14. The number of carboxylic acid groups (broad SMARTS) is 1. The molecule has 0 spiro atoms. The summed E-state index contributed by atoms with van der Waals surface area (Å²) in [6.45, 7) is 0. The van der Waals surface area contributed by atoms with Gasteiger partial charge in [0.25, 0.3) is 16.8 Å². The van der Waals surface area contributed by atoms with Crippen molar-refractivity contribution in [3.05, 3.63) is 108 Å². The number of aliphatic carboxylic acids is 1. The first kappa shape index (κ1) is 29.3. The average Bonchev–Trinajstić information content (AvgIpc) is 3.00. The molecule has 4 N–H and O–H groups in total. The van der Waals surface area contributed by atoms with E-state index in [0.717, 1.165) is 12.8 Å². The minimum absolute atomic E-state index is 0.00530. The van der Waals surface area contributed by atoms with E-state index in [4.69, 9.17) is 23.2 Å². The van der Waals surface area contributed by atoms with E-state index in [2.05, 4.69) is 27.0 Å². The molecule has 0 aliphatic heterocycles. The van der Waals surface area contributed by atoms with Crippen LogP contribution >= 0.6 is 23.2 Å². The van der Waals surface area contributed by atoms with Gasteiger partial charge in [0.2, 0.25) is 0 Å². The molecule has 1 aromatic heterocycles. The average molecular weight is 607 g/mol. The summed E-state index contributed by atoms with van der Waals surface area (Å²) in [5, 5.41) is 18.7. The number of amides is 1. The molecule has 1 amide bonds. The van der Waals surface area contributed by atoms with E-state index in [1.807, 2.05) is 18.2 Å². The largest absolute Gasteiger partial charge is 0.480 e. The molecule has 1 aliphatic carbocycles. The van der Waals surface area contributed by atoms with Gasteiger partial charge < -0.3 is 21.1 Å². The van der Waals surface area contributed by atoms with Gasteiger partial charge in [-0.1, -0.05) is 66.7 Å². The molecule has 1 fully saturated rings. The first-order chi connectivity index (χ1) is 20.2. The Bertz CT molecular complexity index is 1670. The van der Waals surface area contributed by atoms with Gasteiger partial charge in [-0.3, -0.25) is 19.4 Å². The van der Waals surface area contributed by atoms with Crippen molar-refractivity contribution in [3.63, 3.8) is 0 Å². The van der Waals surface area contributed by atoms with Crippen molar-refractivity contribution >= 4 is 57.8 Å². The third-order valence-electron chi connectivity index (χ3n) is 7.51. The molecular weight excluding hydrogens is 579 g/mol. The molecule has 0 radical (unpaired) electrons. The van der Waals surface area contributed by atoms with Gasteiger partial charge >= 0.3 is 5.97 Å². The van der Waals surface area contributed by atoms with Crippen molar-refractivity contribution < 1.29 is 14.7 Å². The van der Waals surface area contributed by atoms with Gasteiger partial charge in [-0.05, 0) is 54.2 Å². The Morgan fingerprint density at radius 3 is 2.24 bits per heavy atom. The molecule has 3 aromatic carbocycles. The molecule has 1 saturated carbocycles. The van der Waals surface area contributed by atoms with Gasteiger partial charge in [-0.2, -0.15) is 0 Å². The van der Waals surface area contributed by atoms with Gasteiger partial charge in [0.05, 0.1) is 15.7 Å². The van der Waals surface area contributed by atoms with Crippen LogP contribution in [0.4, 0.5) is 22.7 Å². The fourth-order valence-corrected chi connectivity index (χ4v) is 5.68. The number of carbonyl (C=O) groups excluding carboxylic acids is 1. The standard InChI is InChI=1S/C31H28Cl2N4O5/c32-22-15-34-16-23(33)25(22)37-30(40)19-11-9-17(10-12-19)13-24(31(41)42)36-27-26(28(38)29(27)39)35-21-8-4-7-20(14-21)18-5-2-1-3-6-18/h4,7-12,14-16,18,24,35-36H,1-3,5-6,13H2,(H,41,42)(H,34,37,40)/t24-/m0/s1. The third kappa shape index (κ3) is 6.48. The first-order valence-electron chi connectivity index (χ1n) is 13.6. The number of rotatable bonds is 10. The maximum Gasteiger partial charge on any atom is 0.326 e. The lowest BCUT2D eigenvalue weighted by Crippen LogP contribution is -2.42. The lowest BCUT2D eigenvalue weighted by molar-refractivity contribution is -0.137. The van der Waals surface area contributed by atoms with Gasteiger partial charge in [0.1, 0.15) is 17.4 Å². The lowest BCUT2D eigenvalue weighted by Gasteiger charge is -2.23. The molecule has 1 aliphatic rings. The number of benzene rings is 2. The van der Waals surface area contributed by atoms with E-state index in [9.17, 15) is 24.3 Å². The lowest BCUT2D eigenvalue weighted by atomic mass is 9.84. The SMILES string of the molecule is O=C(Nc1c(Cl)cncc1Cl)c1ccc(C[C@H](Nc2c(Nc3cccc(C4CCCCC4)c3)c(=O)c2=O)C(=O)O)cc1. The van der Waals surface area contributed by atoms with Crippen LogP contribution < -0.4 is 26.8 Å². The zero-order valence-corrected chi connectivity index (χ0v) is 24.0. The topological polar surface area (TPSA) is 137 Å². The quantitative estimate of drug-likeness (QED) is 0.158. The van der Waals surface area contributed by atoms with E-state index < -0.39 is 28.8 Å². The van der Waals surface area contributed by atoms with Crippen LogP contribution in [-0.2, 0) is 11.2 Å². The van der Waals surface area contributed by atoms with Gasteiger partial charge in [0.15, 0.2) is 0 Å². The summed E-state index contributed by atoms with van der Waals surface area (Å²) in [6, 6.07) is 12.9. The van der Waals surface area contributed by atoms with Crippen LogP contribution in [0.15, 0.2) is 70.5 Å². The van der Waals surface area contributed by atoms with Crippen molar-refractivity contribution in [2.75, 3.05) is 16.0 Å². The predicted molar refractivity (Wildman–Crippen MR) is 164 cm³/mol. The second-order valence-corrected chi connectivity index (χ2v) is 11.2. The van der Waals surface area contributed by atoms with Crippen LogP contribution in [0.25, 0.3) is 0 Å². The minimum atomic E-state index is -1.20. The number of carbonyl (C=O) groups is 2. The Morgan fingerprint density at radius 2 is 1.57 bits per heavy atom. The number of nitrogens with one attached hydrogen (secondary N) is 3. The summed E-state index contributed by atoms with van der Waals surface area (Å²) < 4.78 is 0. The number of aromatic nitrogens is 1. The maximum absolute atomic E-state index is 12.7. The van der Waals surface area contributed by atoms with Crippen LogP contribution in [0.2, 0.25) is 10.0 Å². The van der Waals surface area contributed by atoms with E-state index in [1.165, 1.54) is 49.4 Å². The highest BCUT2D eigenvalue weighted by Gasteiger charge is 2.27. The Labute approximate surface area is 251 Å². The van der Waals surface area contributed by atoms with Crippen molar-refractivity contribution in [2.45, 2.75) is 50.5 Å². The normalized spacial score (nSPS) is 14.3. The highest BCUT2D eigenvalue weighted by Crippen LogP contribution is 2.34. The molecule has 1 heterocycles. The molecule has 11 heteroatoms. The second-order valence-electron chi connectivity index (χ2n) is 10.4. The molecule has 0 saturated heterocycles. The number of pyridine rings is 1. The third-order valence-corrected chi connectivity index (χ3v) is 8.08. The second kappa shape index (κ2) is 12.8. The van der Waals surface area contributed by atoms with E-state index in [1.54, 1.807) is 12.1 Å². The highest BCUT2D eigenvalue weighted by atomic mass is 35.5. The van der Waals surface area contributed by atoms with Crippen molar-refractivity contribution in [3.8, 4) is 0 Å². The van der Waals surface area contributed by atoms with Crippen molar-refractivity contribution in [2.24, 2.45) is 0 Å². The summed E-state index contributed by atoms with van der Waals surface area (Å²) in [7, 11) is 0. The summed E-state index contributed by atoms with van der Waals surface area (Å²) in [5.74, 6) is -1.19. The number of hydrogen-bond acceptors (Lipinski definition) is 7. The van der Waals surface area contributed by atoms with Crippen LogP contribution in [0.5, 0.6) is 0 Å². The number of hydrogen-bond donors (Lipinski definition) is 4. The van der Waals surface area contributed by atoms with Crippen molar-refractivity contribution in [1.29, 1.82) is 0 Å². The minimum Gasteiger partial charge on any atom is -0.480 e. The molecule has 4 aromatic rings. The van der Waals surface area contributed by atoms with Crippen LogP contribution in [0.1, 0.15) is 59.5 Å². The highest BCUT2D eigenvalue weighted by molar-refractivity contribution is 6.39. The zero-order chi connectivity index (χ0) is 29.8. The monoisotopic (exact) mass is 606 g/mol. The molecule has 5 rings (SSSR count). The van der Waals surface area contributed by atoms with Crippen LogP contribution in [0, 0.1) is 0 Å². The summed E-state index contributed by atoms with van der Waals surface area (Å²) in [6.07, 6.45) is 8.58. The molecule has 9 nitrogen and oxygen atoms in total. The fraction of sp³-hybridized carbons (Fsp3) is 0.258. The first-order valence-corrected chi connectivity index (χ1v) is 14.4. The van der Waals surface area contributed by atoms with Gasteiger partial charge in [0, 0.05) is 30.1 Å². The Kier molecular flexibility index (Phi) is 8.89. The molecule has 1 atom stereocenters. The maximum atomic E-state index is 12.7. The zero-order valence-electron chi connectivity index (χ0n) is 22.5. The number of halogens is 2. The Morgan fingerprint density at radius 1 is 0.905 bits per heavy atom. The summed E-state index contributed by atoms with van der Waals surface area (Å²) in [5.41, 5.74) is 1.50. The van der Waals surface area contributed by atoms with Crippen LogP contribution in [-0.4, -0.2) is 28.0 Å². The smallest absolute Gasteiger partial charge is 0.326 e. The molecular formula is C31H28Cl2N4O5. The molecule has 0 bridgehead atoms. The van der Waals surface area contributed by atoms with Gasteiger partial charge in [-0.15, -0.1) is 0 Å². The molecule has 42 heavy (non-hydrogen) atoms. The summed E-state index contributed by atoms with van der Waals surface area (Å²) >= 11 is 12.1. The Balaban J connectivity index is 1.27. The summed E-state index contributed by atoms with van der Waals surface area (Å²) in [4.78, 5) is 53.5. The van der Waals surface area contributed by atoms with Crippen LogP contribution in [0.3, 0.4) is 0 Å². The number of carboxylic acids is 1. The number of anilines is 4. The van der Waals surface area contributed by atoms with Gasteiger partial charge in [-0.25, -0.2) is 4.79 Å². The molecule has 216 valence electrons. The molecule has 0 unspecified atom stereocenters. The fourth-order valence-electron chi connectivity index (χ4n) is 5.22. The van der Waals surface area contributed by atoms with E-state index >= 15 is 0 Å². The van der Waals surface area contributed by atoms with Crippen molar-refractivity contribution in [1.82, 2.24) is 4.98 Å².